The maximum atomic E-state index is 13.2. The van der Waals surface area contributed by atoms with E-state index in [1.807, 2.05) is 13.8 Å². The van der Waals surface area contributed by atoms with E-state index in [1.54, 1.807) is 0 Å². The monoisotopic (exact) mass is 214 g/mol. The molecule has 0 radical (unpaired) electrons. The predicted molar refractivity (Wildman–Crippen MR) is 57.7 cm³/mol. The van der Waals surface area contributed by atoms with Gasteiger partial charge in [0.1, 0.15) is 11.6 Å². The zero-order valence-electron chi connectivity index (χ0n) is 8.93. The lowest BCUT2D eigenvalue weighted by molar-refractivity contribution is 0.509. The summed E-state index contributed by atoms with van der Waals surface area (Å²) in [7, 11) is 0. The quantitative estimate of drug-likeness (QED) is 0.807. The van der Waals surface area contributed by atoms with Gasteiger partial charge in [0.15, 0.2) is 0 Å². The van der Waals surface area contributed by atoms with Gasteiger partial charge in [-0.2, -0.15) is 0 Å². The molecule has 0 saturated carbocycles. The molecule has 1 unspecified atom stereocenters. The van der Waals surface area contributed by atoms with Gasteiger partial charge >= 0.3 is 0 Å². The lowest BCUT2D eigenvalue weighted by Gasteiger charge is -2.17. The Bertz CT molecular complexity index is 326. The molecule has 0 aliphatic carbocycles. The van der Waals surface area contributed by atoms with Crippen LogP contribution >= 0.6 is 0 Å². The smallest absolute Gasteiger partial charge is 0.149 e. The van der Waals surface area contributed by atoms with Gasteiger partial charge in [-0.1, -0.05) is 13.8 Å². The Morgan fingerprint density at radius 3 is 2.53 bits per heavy atom. The fourth-order valence-electron chi connectivity index (χ4n) is 1.10. The van der Waals surface area contributed by atoms with E-state index in [0.717, 1.165) is 6.07 Å². The Morgan fingerprint density at radius 2 is 2.00 bits per heavy atom. The molecule has 1 atom stereocenters. The largest absolute Gasteiger partial charge is 0.381 e. The SMILES string of the molecule is CC(C)C(N)CNc1ccc(F)cc1F. The second kappa shape index (κ2) is 5.07. The summed E-state index contributed by atoms with van der Waals surface area (Å²) in [5.74, 6) is -0.849. The third-order valence-electron chi connectivity index (χ3n) is 2.32. The van der Waals surface area contributed by atoms with Crippen LogP contribution in [0.4, 0.5) is 14.5 Å². The first-order chi connectivity index (χ1) is 7.00. The van der Waals surface area contributed by atoms with Crippen molar-refractivity contribution in [3.63, 3.8) is 0 Å². The van der Waals surface area contributed by atoms with Gasteiger partial charge in [-0.3, -0.25) is 0 Å². The maximum Gasteiger partial charge on any atom is 0.149 e. The van der Waals surface area contributed by atoms with Crippen LogP contribution in [0.25, 0.3) is 0 Å². The van der Waals surface area contributed by atoms with Crippen LogP contribution in [-0.2, 0) is 0 Å². The Morgan fingerprint density at radius 1 is 1.33 bits per heavy atom. The number of nitrogens with one attached hydrogen (secondary N) is 1. The highest BCUT2D eigenvalue weighted by Gasteiger charge is 2.08. The molecule has 4 heteroatoms. The van der Waals surface area contributed by atoms with E-state index < -0.39 is 11.6 Å². The summed E-state index contributed by atoms with van der Waals surface area (Å²) in [5.41, 5.74) is 6.07. The van der Waals surface area contributed by atoms with E-state index >= 15 is 0 Å². The van der Waals surface area contributed by atoms with Crippen LogP contribution in [0.5, 0.6) is 0 Å². The van der Waals surface area contributed by atoms with Crippen LogP contribution in [0.15, 0.2) is 18.2 Å². The third-order valence-corrected chi connectivity index (χ3v) is 2.32. The van der Waals surface area contributed by atoms with E-state index in [0.29, 0.717) is 12.5 Å². The Hall–Kier alpha value is -1.16. The van der Waals surface area contributed by atoms with Crippen molar-refractivity contribution in [2.75, 3.05) is 11.9 Å². The third kappa shape index (κ3) is 3.47. The zero-order chi connectivity index (χ0) is 11.4. The van der Waals surface area contributed by atoms with Crippen molar-refractivity contribution in [1.82, 2.24) is 0 Å². The highest BCUT2D eigenvalue weighted by Crippen LogP contribution is 2.15. The van der Waals surface area contributed by atoms with Gasteiger partial charge in [-0.15, -0.1) is 0 Å². The van der Waals surface area contributed by atoms with Gasteiger partial charge < -0.3 is 11.1 Å². The molecule has 0 bridgehead atoms. The first kappa shape index (κ1) is 11.9. The highest BCUT2D eigenvalue weighted by atomic mass is 19.1. The van der Waals surface area contributed by atoms with Gasteiger partial charge in [-0.05, 0) is 18.1 Å². The Labute approximate surface area is 88.5 Å². The van der Waals surface area contributed by atoms with Gasteiger partial charge in [0, 0.05) is 18.7 Å². The topological polar surface area (TPSA) is 38.0 Å². The van der Waals surface area contributed by atoms with Gasteiger partial charge in [0.25, 0.3) is 0 Å². The number of halogens is 2. The molecule has 1 aromatic carbocycles. The van der Waals surface area contributed by atoms with E-state index in [-0.39, 0.29) is 11.7 Å². The van der Waals surface area contributed by atoms with Crippen molar-refractivity contribution in [2.24, 2.45) is 11.7 Å². The van der Waals surface area contributed by atoms with Crippen LogP contribution in [-0.4, -0.2) is 12.6 Å². The molecule has 84 valence electrons. The fraction of sp³-hybridized carbons (Fsp3) is 0.455. The molecule has 1 rings (SSSR count). The van der Waals surface area contributed by atoms with Gasteiger partial charge in [0.05, 0.1) is 5.69 Å². The normalized spacial score (nSPS) is 12.9. The molecule has 0 aromatic heterocycles. The number of rotatable bonds is 4. The summed E-state index contributed by atoms with van der Waals surface area (Å²) in [6.45, 7) is 4.46. The average molecular weight is 214 g/mol. The molecule has 3 N–H and O–H groups in total. The number of hydrogen-bond donors (Lipinski definition) is 2. The molecule has 2 nitrogen and oxygen atoms in total. The molecular formula is C11H16F2N2. The molecule has 0 saturated heterocycles. The standard InChI is InChI=1S/C11H16F2N2/c1-7(2)10(14)6-15-11-4-3-8(12)5-9(11)13/h3-5,7,10,15H,6,14H2,1-2H3. The summed E-state index contributed by atoms with van der Waals surface area (Å²) in [6, 6.07) is 3.39. The van der Waals surface area contributed by atoms with E-state index in [2.05, 4.69) is 5.32 Å². The lowest BCUT2D eigenvalue weighted by atomic mass is 10.1. The first-order valence-electron chi connectivity index (χ1n) is 4.95. The van der Waals surface area contributed by atoms with Crippen LogP contribution in [0, 0.1) is 17.6 Å². The van der Waals surface area contributed by atoms with Crippen molar-refractivity contribution in [3.05, 3.63) is 29.8 Å². The second-order valence-electron chi connectivity index (χ2n) is 3.91. The zero-order valence-corrected chi connectivity index (χ0v) is 8.93. The van der Waals surface area contributed by atoms with Crippen molar-refractivity contribution < 1.29 is 8.78 Å². The summed E-state index contributed by atoms with van der Waals surface area (Å²) in [4.78, 5) is 0. The molecule has 1 aromatic rings. The molecule has 0 aliphatic rings. The molecule has 0 fully saturated rings. The molecule has 0 aliphatic heterocycles. The van der Waals surface area contributed by atoms with Crippen molar-refractivity contribution in [3.8, 4) is 0 Å². The first-order valence-corrected chi connectivity index (χ1v) is 4.95. The highest BCUT2D eigenvalue weighted by molar-refractivity contribution is 5.44. The Balaban J connectivity index is 2.58. The minimum atomic E-state index is -0.592. The van der Waals surface area contributed by atoms with Crippen LogP contribution in [0.1, 0.15) is 13.8 Å². The minimum absolute atomic E-state index is 0.0468. The summed E-state index contributed by atoms with van der Waals surface area (Å²) in [5, 5.41) is 2.85. The minimum Gasteiger partial charge on any atom is -0.381 e. The van der Waals surface area contributed by atoms with Crippen LogP contribution in [0.2, 0.25) is 0 Å². The van der Waals surface area contributed by atoms with Gasteiger partial charge in [-0.25, -0.2) is 8.78 Å². The number of hydrogen-bond acceptors (Lipinski definition) is 2. The second-order valence-corrected chi connectivity index (χ2v) is 3.91. The molecule has 0 spiro atoms. The van der Waals surface area contributed by atoms with E-state index in [9.17, 15) is 8.78 Å². The van der Waals surface area contributed by atoms with Crippen LogP contribution in [0.3, 0.4) is 0 Å². The van der Waals surface area contributed by atoms with Crippen molar-refractivity contribution in [2.45, 2.75) is 19.9 Å². The lowest BCUT2D eigenvalue weighted by Crippen LogP contribution is -2.34. The van der Waals surface area contributed by atoms with E-state index in [4.69, 9.17) is 5.73 Å². The van der Waals surface area contributed by atoms with Gasteiger partial charge in [0.2, 0.25) is 0 Å². The molecule has 0 heterocycles. The molecular weight excluding hydrogens is 198 g/mol. The van der Waals surface area contributed by atoms with E-state index in [1.165, 1.54) is 12.1 Å². The fourth-order valence-corrected chi connectivity index (χ4v) is 1.10. The number of anilines is 1. The predicted octanol–water partition coefficient (Wildman–Crippen LogP) is 2.36. The summed E-state index contributed by atoms with van der Waals surface area (Å²) < 4.78 is 25.7. The van der Waals surface area contributed by atoms with Crippen molar-refractivity contribution in [1.29, 1.82) is 0 Å². The maximum absolute atomic E-state index is 13.2. The average Bonchev–Trinajstić information content (AvgIpc) is 2.15. The van der Waals surface area contributed by atoms with Crippen LogP contribution < -0.4 is 11.1 Å². The summed E-state index contributed by atoms with van der Waals surface area (Å²) in [6.07, 6.45) is 0. The Kier molecular flexibility index (Phi) is 4.03. The van der Waals surface area contributed by atoms with Crippen molar-refractivity contribution >= 4 is 5.69 Å². The number of benzene rings is 1. The summed E-state index contributed by atoms with van der Waals surface area (Å²) >= 11 is 0. The molecule has 15 heavy (non-hydrogen) atoms. The molecule has 0 amide bonds. The number of nitrogens with two attached hydrogens (primary N) is 1.